The van der Waals surface area contributed by atoms with Crippen molar-refractivity contribution in [3.8, 4) is 0 Å². The summed E-state index contributed by atoms with van der Waals surface area (Å²) in [5.41, 5.74) is 6.85. The van der Waals surface area contributed by atoms with E-state index in [9.17, 15) is 14.4 Å². The average molecular weight is 449 g/mol. The van der Waals surface area contributed by atoms with Crippen molar-refractivity contribution < 1.29 is 19.2 Å². The van der Waals surface area contributed by atoms with Gasteiger partial charge in [-0.15, -0.1) is 0 Å². The van der Waals surface area contributed by atoms with Gasteiger partial charge in [-0.3, -0.25) is 14.4 Å². The van der Waals surface area contributed by atoms with Gasteiger partial charge in [-0.1, -0.05) is 53.7 Å². The topological polar surface area (TPSA) is 114 Å². The molecule has 8 heteroatoms. The highest BCUT2D eigenvalue weighted by Gasteiger charge is 2.52. The van der Waals surface area contributed by atoms with Crippen LogP contribution in [0.25, 0.3) is 0 Å². The van der Waals surface area contributed by atoms with E-state index in [1.54, 1.807) is 36.4 Å². The van der Waals surface area contributed by atoms with E-state index in [0.29, 0.717) is 17.8 Å². The first-order valence-corrected chi connectivity index (χ1v) is 10.7. The normalized spacial score (nSPS) is 22.7. The Labute approximate surface area is 193 Å². The summed E-state index contributed by atoms with van der Waals surface area (Å²) in [6.07, 6.45) is 13.9. The number of carbonyl (C=O) groups excluding carboxylic acids is 3. The fraction of sp³-hybridized carbons (Fsp3) is 0.280. The number of oxime groups is 1. The lowest BCUT2D eigenvalue weighted by molar-refractivity contribution is -0.133. The molecule has 3 rings (SSSR count). The minimum Gasteiger partial charge on any atom is -0.387 e. The number of hydrogen-bond acceptors (Lipinski definition) is 5. The van der Waals surface area contributed by atoms with Crippen molar-refractivity contribution in [1.29, 1.82) is 0 Å². The molecule has 3 N–H and O–H groups in total. The number of likely N-dealkylation sites (tertiary alicyclic amines) is 1. The van der Waals surface area contributed by atoms with E-state index in [1.807, 2.05) is 38.1 Å². The third-order valence-electron chi connectivity index (χ3n) is 5.41. The zero-order valence-corrected chi connectivity index (χ0v) is 18.7. The lowest BCUT2D eigenvalue weighted by Gasteiger charge is -2.21. The van der Waals surface area contributed by atoms with Gasteiger partial charge in [0.1, 0.15) is 6.04 Å². The standard InChI is InChI=1S/C25H28N4O4/c1-3-5-7-12-22(30)27-19-11-9-10-18(14-19)20-15-25(33-28-20)16-21(24(26)32)29(17-25)23(31)13-8-6-4-2/h3-14,21H,15-17H2,1-2H3,(H2,26,32)(H,27,30)/b5-3-,6-4-,12-7-,13-8+/t21-,25?/m0/s1. The molecular weight excluding hydrogens is 420 g/mol. The molecule has 1 aromatic rings. The van der Waals surface area contributed by atoms with Crippen LogP contribution in [0.3, 0.4) is 0 Å². The Morgan fingerprint density at radius 1 is 1.15 bits per heavy atom. The molecule has 172 valence electrons. The number of hydrogen-bond donors (Lipinski definition) is 2. The third-order valence-corrected chi connectivity index (χ3v) is 5.41. The van der Waals surface area contributed by atoms with Gasteiger partial charge in [-0.25, -0.2) is 0 Å². The Hall–Kier alpha value is -3.94. The molecule has 1 aromatic carbocycles. The van der Waals surface area contributed by atoms with Crippen molar-refractivity contribution in [1.82, 2.24) is 4.90 Å². The van der Waals surface area contributed by atoms with Gasteiger partial charge in [0.15, 0.2) is 5.60 Å². The summed E-state index contributed by atoms with van der Waals surface area (Å²) < 4.78 is 0. The van der Waals surface area contributed by atoms with Crippen molar-refractivity contribution in [2.45, 2.75) is 38.3 Å². The number of nitrogens with zero attached hydrogens (tertiary/aromatic N) is 2. The van der Waals surface area contributed by atoms with Gasteiger partial charge in [0.25, 0.3) is 0 Å². The molecule has 1 fully saturated rings. The Balaban J connectivity index is 1.72. The lowest BCUT2D eigenvalue weighted by atomic mass is 9.91. The minimum atomic E-state index is -0.812. The second kappa shape index (κ2) is 10.6. The summed E-state index contributed by atoms with van der Waals surface area (Å²) in [4.78, 5) is 43.9. The molecule has 2 atom stereocenters. The van der Waals surface area contributed by atoms with Crippen molar-refractivity contribution in [2.24, 2.45) is 10.9 Å². The lowest BCUT2D eigenvalue weighted by Crippen LogP contribution is -2.43. The zero-order chi connectivity index (χ0) is 23.8. The molecule has 0 aliphatic carbocycles. The van der Waals surface area contributed by atoms with E-state index in [0.717, 1.165) is 5.56 Å². The predicted molar refractivity (Wildman–Crippen MR) is 127 cm³/mol. The summed E-state index contributed by atoms with van der Waals surface area (Å²) in [6, 6.07) is 6.52. The second-order valence-corrected chi connectivity index (χ2v) is 7.92. The average Bonchev–Trinajstić information content (AvgIpc) is 3.38. The maximum absolute atomic E-state index is 12.6. The summed E-state index contributed by atoms with van der Waals surface area (Å²) in [7, 11) is 0. The Bertz CT molecular complexity index is 1070. The number of rotatable bonds is 7. The fourth-order valence-electron chi connectivity index (χ4n) is 3.86. The second-order valence-electron chi connectivity index (χ2n) is 7.92. The van der Waals surface area contributed by atoms with E-state index in [-0.39, 0.29) is 24.8 Å². The van der Waals surface area contributed by atoms with Crippen molar-refractivity contribution >= 4 is 29.1 Å². The number of benzene rings is 1. The molecule has 8 nitrogen and oxygen atoms in total. The molecule has 2 heterocycles. The Morgan fingerprint density at radius 3 is 2.58 bits per heavy atom. The smallest absolute Gasteiger partial charge is 0.248 e. The fourth-order valence-corrected chi connectivity index (χ4v) is 3.86. The Morgan fingerprint density at radius 2 is 1.88 bits per heavy atom. The van der Waals surface area contributed by atoms with Crippen LogP contribution in [-0.4, -0.2) is 46.5 Å². The highest BCUT2D eigenvalue weighted by molar-refractivity contribution is 6.04. The quantitative estimate of drug-likeness (QED) is 0.493. The highest BCUT2D eigenvalue weighted by atomic mass is 16.7. The molecule has 3 amide bonds. The van der Waals surface area contributed by atoms with Gasteiger partial charge in [0, 0.05) is 36.2 Å². The number of carbonyl (C=O) groups is 3. The SMILES string of the molecule is C/C=C\C=C/C(=O)Nc1cccc(C2=NOC3(C2)C[C@@H](C(N)=O)N(C(=O)/C=C/C=C\C)C3)c1. The molecule has 0 bridgehead atoms. The van der Waals surface area contributed by atoms with Gasteiger partial charge in [-0.05, 0) is 26.0 Å². The molecule has 0 saturated carbocycles. The number of anilines is 1. The third kappa shape index (κ3) is 5.85. The van der Waals surface area contributed by atoms with Crippen LogP contribution >= 0.6 is 0 Å². The largest absolute Gasteiger partial charge is 0.387 e. The number of nitrogens with two attached hydrogens (primary N) is 1. The van der Waals surface area contributed by atoms with E-state index in [2.05, 4.69) is 10.5 Å². The van der Waals surface area contributed by atoms with E-state index in [1.165, 1.54) is 17.1 Å². The number of allylic oxidation sites excluding steroid dienone is 6. The number of nitrogens with one attached hydrogen (secondary N) is 1. The van der Waals surface area contributed by atoms with Crippen LogP contribution in [0.15, 0.2) is 78.0 Å². The minimum absolute atomic E-state index is 0.207. The van der Waals surface area contributed by atoms with Crippen molar-refractivity contribution in [2.75, 3.05) is 11.9 Å². The van der Waals surface area contributed by atoms with Crippen LogP contribution in [-0.2, 0) is 19.2 Å². The molecule has 1 unspecified atom stereocenters. The summed E-state index contributed by atoms with van der Waals surface area (Å²) >= 11 is 0. The van der Waals surface area contributed by atoms with E-state index < -0.39 is 17.6 Å². The number of primary amides is 1. The van der Waals surface area contributed by atoms with Crippen molar-refractivity contribution in [3.05, 3.63) is 78.4 Å². The summed E-state index contributed by atoms with van der Waals surface area (Å²) in [6.45, 7) is 3.92. The van der Waals surface area contributed by atoms with E-state index >= 15 is 0 Å². The maximum Gasteiger partial charge on any atom is 0.248 e. The van der Waals surface area contributed by atoms with Crippen LogP contribution in [0.2, 0.25) is 0 Å². The molecule has 2 aliphatic rings. The number of amides is 3. The molecule has 1 saturated heterocycles. The summed E-state index contributed by atoms with van der Waals surface area (Å²) in [5.74, 6) is -1.12. The first kappa shape index (κ1) is 23.7. The van der Waals surface area contributed by atoms with Gasteiger partial charge in [0.2, 0.25) is 17.7 Å². The maximum atomic E-state index is 12.6. The van der Waals surface area contributed by atoms with Crippen molar-refractivity contribution in [3.63, 3.8) is 0 Å². The first-order chi connectivity index (χ1) is 15.9. The molecule has 33 heavy (non-hydrogen) atoms. The van der Waals surface area contributed by atoms with Gasteiger partial charge in [-0.2, -0.15) is 0 Å². The Kier molecular flexibility index (Phi) is 7.61. The zero-order valence-electron chi connectivity index (χ0n) is 18.7. The molecule has 2 aliphatic heterocycles. The molecule has 1 spiro atoms. The van der Waals surface area contributed by atoms with Crippen LogP contribution in [0.4, 0.5) is 5.69 Å². The van der Waals surface area contributed by atoms with Crippen LogP contribution < -0.4 is 11.1 Å². The highest BCUT2D eigenvalue weighted by Crippen LogP contribution is 2.39. The van der Waals surface area contributed by atoms with Gasteiger partial charge in [0.05, 0.1) is 12.3 Å². The summed E-state index contributed by atoms with van der Waals surface area (Å²) in [5, 5.41) is 7.06. The van der Waals surface area contributed by atoms with Crippen LogP contribution in [0, 0.1) is 0 Å². The molecular formula is C25H28N4O4. The van der Waals surface area contributed by atoms with E-state index in [4.69, 9.17) is 10.6 Å². The van der Waals surface area contributed by atoms with Gasteiger partial charge >= 0.3 is 0 Å². The molecule has 0 aromatic heterocycles. The first-order valence-electron chi connectivity index (χ1n) is 10.7. The van der Waals surface area contributed by atoms with Crippen LogP contribution in [0.1, 0.15) is 32.3 Å². The predicted octanol–water partition coefficient (Wildman–Crippen LogP) is 2.84. The van der Waals surface area contributed by atoms with Gasteiger partial charge < -0.3 is 20.8 Å². The monoisotopic (exact) mass is 448 g/mol. The van der Waals surface area contributed by atoms with Crippen LogP contribution in [0.5, 0.6) is 0 Å². The molecule has 0 radical (unpaired) electrons.